The highest BCUT2D eigenvalue weighted by molar-refractivity contribution is 5.83. The first-order valence-corrected chi connectivity index (χ1v) is 3.36. The third-order valence-electron chi connectivity index (χ3n) is 1.07. The SMILES string of the molecule is CCOC(=O)[C@@H]([NH3+])CC(N)=O. The zero-order chi connectivity index (χ0) is 8.85. The van der Waals surface area contributed by atoms with E-state index < -0.39 is 17.9 Å². The lowest BCUT2D eigenvalue weighted by Gasteiger charge is -2.04. The molecule has 0 aromatic heterocycles. The van der Waals surface area contributed by atoms with Gasteiger partial charge in [0.15, 0.2) is 6.04 Å². The summed E-state index contributed by atoms with van der Waals surface area (Å²) in [7, 11) is 0. The monoisotopic (exact) mass is 161 g/mol. The summed E-state index contributed by atoms with van der Waals surface area (Å²) in [5.41, 5.74) is 8.26. The highest BCUT2D eigenvalue weighted by Crippen LogP contribution is 1.88. The van der Waals surface area contributed by atoms with E-state index in [-0.39, 0.29) is 6.42 Å². The fourth-order valence-electron chi connectivity index (χ4n) is 0.586. The maximum atomic E-state index is 10.8. The van der Waals surface area contributed by atoms with E-state index >= 15 is 0 Å². The molecule has 0 spiro atoms. The Morgan fingerprint density at radius 2 is 2.18 bits per heavy atom. The molecule has 1 amide bonds. The molecule has 0 aliphatic rings. The fraction of sp³-hybridized carbons (Fsp3) is 0.667. The van der Waals surface area contributed by atoms with E-state index in [1.165, 1.54) is 0 Å². The Bertz CT molecular complexity index is 158. The summed E-state index contributed by atoms with van der Waals surface area (Å²) in [6.07, 6.45) is -0.0567. The van der Waals surface area contributed by atoms with Crippen molar-refractivity contribution in [1.82, 2.24) is 0 Å². The minimum atomic E-state index is -0.674. The number of carbonyl (C=O) groups excluding carboxylic acids is 2. The topological polar surface area (TPSA) is 97.0 Å². The minimum absolute atomic E-state index is 0.0567. The predicted molar refractivity (Wildman–Crippen MR) is 37.1 cm³/mol. The number of hydrogen-bond donors (Lipinski definition) is 2. The van der Waals surface area contributed by atoms with Gasteiger partial charge in [-0.1, -0.05) is 0 Å². The van der Waals surface area contributed by atoms with Crippen molar-refractivity contribution in [3.05, 3.63) is 0 Å². The van der Waals surface area contributed by atoms with Gasteiger partial charge in [0.05, 0.1) is 13.0 Å². The summed E-state index contributed by atoms with van der Waals surface area (Å²) in [6, 6.07) is -0.674. The molecule has 0 saturated heterocycles. The number of carbonyl (C=O) groups is 2. The Hall–Kier alpha value is -1.10. The molecule has 0 aromatic carbocycles. The molecule has 5 heteroatoms. The van der Waals surface area contributed by atoms with Crippen LogP contribution in [0, 0.1) is 0 Å². The normalized spacial score (nSPS) is 12.2. The molecule has 0 heterocycles. The predicted octanol–water partition coefficient (Wildman–Crippen LogP) is -1.96. The number of hydrogen-bond acceptors (Lipinski definition) is 3. The van der Waals surface area contributed by atoms with Crippen molar-refractivity contribution < 1.29 is 20.1 Å². The third kappa shape index (κ3) is 4.32. The van der Waals surface area contributed by atoms with E-state index in [9.17, 15) is 9.59 Å². The maximum Gasteiger partial charge on any atom is 0.365 e. The van der Waals surface area contributed by atoms with Crippen molar-refractivity contribution in [2.75, 3.05) is 6.61 Å². The average molecular weight is 161 g/mol. The van der Waals surface area contributed by atoms with Gasteiger partial charge in [-0.2, -0.15) is 0 Å². The molecule has 5 N–H and O–H groups in total. The number of ether oxygens (including phenoxy) is 1. The van der Waals surface area contributed by atoms with Crippen molar-refractivity contribution in [3.8, 4) is 0 Å². The van der Waals surface area contributed by atoms with Crippen molar-refractivity contribution in [3.63, 3.8) is 0 Å². The summed E-state index contributed by atoms with van der Waals surface area (Å²) < 4.78 is 4.60. The molecule has 11 heavy (non-hydrogen) atoms. The van der Waals surface area contributed by atoms with Gasteiger partial charge in [0, 0.05) is 0 Å². The van der Waals surface area contributed by atoms with E-state index in [0.29, 0.717) is 6.61 Å². The van der Waals surface area contributed by atoms with Crippen LogP contribution in [-0.2, 0) is 14.3 Å². The smallest absolute Gasteiger partial charge is 0.365 e. The van der Waals surface area contributed by atoms with Crippen LogP contribution < -0.4 is 11.5 Å². The van der Waals surface area contributed by atoms with Crippen LogP contribution in [-0.4, -0.2) is 24.5 Å². The van der Waals surface area contributed by atoms with Gasteiger partial charge in [0.1, 0.15) is 0 Å². The highest BCUT2D eigenvalue weighted by atomic mass is 16.5. The summed E-state index contributed by atoms with van der Waals surface area (Å²) >= 11 is 0. The van der Waals surface area contributed by atoms with Gasteiger partial charge in [-0.25, -0.2) is 4.79 Å². The maximum absolute atomic E-state index is 10.8. The van der Waals surface area contributed by atoms with Crippen molar-refractivity contribution >= 4 is 11.9 Å². The largest absolute Gasteiger partial charge is 0.462 e. The van der Waals surface area contributed by atoms with Crippen molar-refractivity contribution in [2.45, 2.75) is 19.4 Å². The number of esters is 1. The lowest BCUT2D eigenvalue weighted by atomic mass is 10.2. The quantitative estimate of drug-likeness (QED) is 0.468. The van der Waals surface area contributed by atoms with Crippen LogP contribution in [0.5, 0.6) is 0 Å². The molecule has 0 saturated carbocycles. The fourth-order valence-corrected chi connectivity index (χ4v) is 0.586. The Labute approximate surface area is 64.7 Å². The lowest BCUT2D eigenvalue weighted by Crippen LogP contribution is -2.66. The third-order valence-corrected chi connectivity index (χ3v) is 1.07. The molecule has 0 bridgehead atoms. The molecule has 0 radical (unpaired) electrons. The van der Waals surface area contributed by atoms with Crippen LogP contribution in [0.25, 0.3) is 0 Å². The van der Waals surface area contributed by atoms with Crippen LogP contribution in [0.15, 0.2) is 0 Å². The van der Waals surface area contributed by atoms with Crippen LogP contribution in [0.1, 0.15) is 13.3 Å². The number of rotatable bonds is 4. The zero-order valence-electron chi connectivity index (χ0n) is 6.50. The molecule has 64 valence electrons. The first-order chi connectivity index (χ1) is 5.07. The second-order valence-corrected chi connectivity index (χ2v) is 2.12. The summed E-state index contributed by atoms with van der Waals surface area (Å²) in [4.78, 5) is 21.1. The second-order valence-electron chi connectivity index (χ2n) is 2.12. The Kier molecular flexibility index (Phi) is 4.21. The van der Waals surface area contributed by atoms with Gasteiger partial charge in [-0.3, -0.25) is 4.79 Å². The molecule has 0 aliphatic carbocycles. The number of primary amides is 1. The molecular formula is C6H13N2O3+. The number of quaternary nitrogens is 1. The highest BCUT2D eigenvalue weighted by Gasteiger charge is 2.20. The Balaban J connectivity index is 3.73. The van der Waals surface area contributed by atoms with E-state index in [4.69, 9.17) is 5.73 Å². The lowest BCUT2D eigenvalue weighted by molar-refractivity contribution is -0.407. The van der Waals surface area contributed by atoms with Crippen LogP contribution >= 0.6 is 0 Å². The molecule has 0 aliphatic heterocycles. The van der Waals surface area contributed by atoms with Crippen molar-refractivity contribution in [2.24, 2.45) is 5.73 Å². The van der Waals surface area contributed by atoms with E-state index in [1.54, 1.807) is 6.92 Å². The van der Waals surface area contributed by atoms with Gasteiger partial charge in [-0.15, -0.1) is 0 Å². The first kappa shape index (κ1) is 9.90. The molecule has 0 fully saturated rings. The summed E-state index contributed by atoms with van der Waals surface area (Å²) in [5, 5.41) is 0. The first-order valence-electron chi connectivity index (χ1n) is 3.36. The van der Waals surface area contributed by atoms with E-state index in [2.05, 4.69) is 10.5 Å². The van der Waals surface area contributed by atoms with E-state index in [0.717, 1.165) is 0 Å². The molecule has 0 aromatic rings. The molecule has 0 rings (SSSR count). The van der Waals surface area contributed by atoms with Gasteiger partial charge >= 0.3 is 5.97 Å². The Morgan fingerprint density at radius 3 is 2.55 bits per heavy atom. The number of nitrogens with two attached hydrogens (primary N) is 1. The van der Waals surface area contributed by atoms with E-state index in [1.807, 2.05) is 0 Å². The molecule has 1 atom stereocenters. The van der Waals surface area contributed by atoms with Gasteiger partial charge in [-0.05, 0) is 6.92 Å². The summed E-state index contributed by atoms with van der Waals surface area (Å²) in [5.74, 6) is -1.02. The van der Waals surface area contributed by atoms with Crippen molar-refractivity contribution in [1.29, 1.82) is 0 Å². The average Bonchev–Trinajstić information content (AvgIpc) is 1.86. The van der Waals surface area contributed by atoms with Crippen LogP contribution in [0.3, 0.4) is 0 Å². The van der Waals surface area contributed by atoms with Gasteiger partial charge < -0.3 is 16.2 Å². The standard InChI is InChI=1S/C6H12N2O3/c1-2-11-6(10)4(7)3-5(8)9/h4H,2-3,7H2,1H3,(H2,8,9)/p+1/t4-/m0/s1. The van der Waals surface area contributed by atoms with Crippen LogP contribution in [0.2, 0.25) is 0 Å². The molecule has 0 unspecified atom stereocenters. The molecular weight excluding hydrogens is 148 g/mol. The van der Waals surface area contributed by atoms with Gasteiger partial charge in [0.2, 0.25) is 5.91 Å². The summed E-state index contributed by atoms with van der Waals surface area (Å²) in [6.45, 7) is 1.98. The minimum Gasteiger partial charge on any atom is -0.462 e. The Morgan fingerprint density at radius 1 is 1.64 bits per heavy atom. The molecule has 5 nitrogen and oxygen atoms in total. The van der Waals surface area contributed by atoms with Gasteiger partial charge in [0.25, 0.3) is 0 Å². The zero-order valence-corrected chi connectivity index (χ0v) is 6.50. The number of amides is 1. The van der Waals surface area contributed by atoms with Crippen LogP contribution in [0.4, 0.5) is 0 Å². The second kappa shape index (κ2) is 4.68.